The lowest BCUT2D eigenvalue weighted by atomic mass is 10.1. The van der Waals surface area contributed by atoms with Crippen molar-refractivity contribution in [3.8, 4) is 11.5 Å². The molecule has 0 bridgehead atoms. The quantitative estimate of drug-likeness (QED) is 0.656. The highest BCUT2D eigenvalue weighted by Gasteiger charge is 2.43. The molecular weight excluding hydrogens is 304 g/mol. The molecule has 0 aromatic heterocycles. The number of nitrogens with one attached hydrogen (secondary N) is 1. The summed E-state index contributed by atoms with van der Waals surface area (Å²) < 4.78 is 5.08. The first-order valence-electron chi connectivity index (χ1n) is 7.86. The maximum Gasteiger partial charge on any atom is 0.243 e. The Morgan fingerprint density at radius 3 is 2.71 bits per heavy atom. The van der Waals surface area contributed by atoms with Crippen LogP contribution in [0.4, 0.5) is 0 Å². The Labute approximate surface area is 141 Å². The first-order chi connectivity index (χ1) is 11.6. The van der Waals surface area contributed by atoms with Crippen molar-refractivity contribution in [3.63, 3.8) is 0 Å². The van der Waals surface area contributed by atoms with Gasteiger partial charge in [0.15, 0.2) is 11.5 Å². The molecule has 5 nitrogen and oxygen atoms in total. The number of nitrogens with zero attached hydrogens (tertiary/aromatic N) is 1. The van der Waals surface area contributed by atoms with E-state index >= 15 is 0 Å². The van der Waals surface area contributed by atoms with E-state index in [0.29, 0.717) is 11.5 Å². The summed E-state index contributed by atoms with van der Waals surface area (Å²) in [6.07, 6.45) is 0.859. The highest BCUT2D eigenvalue weighted by molar-refractivity contribution is 6.00. The summed E-state index contributed by atoms with van der Waals surface area (Å²) >= 11 is 0. The maximum absolute atomic E-state index is 12.2. The molecule has 1 aliphatic rings. The van der Waals surface area contributed by atoms with Crippen molar-refractivity contribution in [1.29, 1.82) is 0 Å². The number of rotatable bonds is 5. The number of hydrazone groups is 1. The third kappa shape index (κ3) is 3.40. The maximum atomic E-state index is 12.2. The molecule has 0 saturated heterocycles. The number of hydrogen-bond donors (Lipinski definition) is 2. The van der Waals surface area contributed by atoms with Gasteiger partial charge in [-0.25, -0.2) is 5.43 Å². The van der Waals surface area contributed by atoms with E-state index in [0.717, 1.165) is 12.0 Å². The van der Waals surface area contributed by atoms with E-state index < -0.39 is 0 Å². The predicted molar refractivity (Wildman–Crippen MR) is 92.3 cm³/mol. The van der Waals surface area contributed by atoms with Crippen molar-refractivity contribution in [2.45, 2.75) is 19.3 Å². The van der Waals surface area contributed by atoms with E-state index in [1.807, 2.05) is 18.2 Å². The fourth-order valence-corrected chi connectivity index (χ4v) is 2.74. The highest BCUT2D eigenvalue weighted by Crippen LogP contribution is 2.47. The standard InChI is InChI=1S/C19H20N2O3/c1-12(14-8-9-17(22)18(10-14)24-2)20-21-19(23)16-11-15(16)13-6-4-3-5-7-13/h3-10,15-16,22H,11H2,1-2H3,(H,21,23)/b20-12+/t15-,16+/m0/s1. The molecule has 2 aromatic carbocycles. The highest BCUT2D eigenvalue weighted by atomic mass is 16.5. The smallest absolute Gasteiger partial charge is 0.243 e. The Morgan fingerprint density at radius 1 is 1.25 bits per heavy atom. The van der Waals surface area contributed by atoms with Crippen molar-refractivity contribution in [1.82, 2.24) is 5.43 Å². The first-order valence-corrected chi connectivity index (χ1v) is 7.86. The van der Waals surface area contributed by atoms with Crippen molar-refractivity contribution < 1.29 is 14.6 Å². The summed E-state index contributed by atoms with van der Waals surface area (Å²) in [7, 11) is 1.49. The molecule has 1 fully saturated rings. The molecule has 0 radical (unpaired) electrons. The van der Waals surface area contributed by atoms with E-state index in [9.17, 15) is 9.90 Å². The summed E-state index contributed by atoms with van der Waals surface area (Å²) in [4.78, 5) is 12.2. The largest absolute Gasteiger partial charge is 0.504 e. The minimum absolute atomic E-state index is 0.0155. The molecule has 124 valence electrons. The molecule has 1 amide bonds. The van der Waals surface area contributed by atoms with Crippen LogP contribution in [-0.4, -0.2) is 23.8 Å². The van der Waals surface area contributed by atoms with Crippen molar-refractivity contribution in [2.75, 3.05) is 7.11 Å². The lowest BCUT2D eigenvalue weighted by molar-refractivity contribution is -0.122. The topological polar surface area (TPSA) is 70.9 Å². The van der Waals surface area contributed by atoms with Crippen LogP contribution in [-0.2, 0) is 4.79 Å². The van der Waals surface area contributed by atoms with Gasteiger partial charge in [0.1, 0.15) is 0 Å². The van der Waals surface area contributed by atoms with E-state index in [1.54, 1.807) is 25.1 Å². The average molecular weight is 324 g/mol. The Morgan fingerprint density at radius 2 is 2.00 bits per heavy atom. The van der Waals surface area contributed by atoms with Crippen LogP contribution in [0.3, 0.4) is 0 Å². The van der Waals surface area contributed by atoms with Crippen LogP contribution in [0.1, 0.15) is 30.4 Å². The van der Waals surface area contributed by atoms with Gasteiger partial charge in [0.2, 0.25) is 5.91 Å². The Kier molecular flexibility index (Phi) is 4.51. The molecule has 2 N–H and O–H groups in total. The normalized spacial score (nSPS) is 19.7. The lowest BCUT2D eigenvalue weighted by Crippen LogP contribution is -2.21. The van der Waals surface area contributed by atoms with E-state index in [-0.39, 0.29) is 23.5 Å². The van der Waals surface area contributed by atoms with Crippen LogP contribution in [0, 0.1) is 5.92 Å². The number of aromatic hydroxyl groups is 1. The van der Waals surface area contributed by atoms with Crippen LogP contribution in [0.5, 0.6) is 11.5 Å². The zero-order valence-corrected chi connectivity index (χ0v) is 13.7. The number of benzene rings is 2. The fraction of sp³-hybridized carbons (Fsp3) is 0.263. The molecule has 1 saturated carbocycles. The van der Waals surface area contributed by atoms with Crippen LogP contribution >= 0.6 is 0 Å². The third-order valence-electron chi connectivity index (χ3n) is 4.29. The van der Waals surface area contributed by atoms with E-state index in [1.165, 1.54) is 12.7 Å². The molecule has 0 aliphatic heterocycles. The number of carbonyl (C=O) groups is 1. The molecule has 24 heavy (non-hydrogen) atoms. The minimum Gasteiger partial charge on any atom is -0.504 e. The monoisotopic (exact) mass is 324 g/mol. The lowest BCUT2D eigenvalue weighted by Gasteiger charge is -2.07. The van der Waals surface area contributed by atoms with Crippen LogP contribution in [0.2, 0.25) is 0 Å². The van der Waals surface area contributed by atoms with Gasteiger partial charge in [-0.2, -0.15) is 5.10 Å². The van der Waals surface area contributed by atoms with Gasteiger partial charge in [0.25, 0.3) is 0 Å². The Balaban J connectivity index is 1.62. The predicted octanol–water partition coefficient (Wildman–Crippen LogP) is 3.04. The number of amides is 1. The van der Waals surface area contributed by atoms with Gasteiger partial charge in [-0.3, -0.25) is 4.79 Å². The minimum atomic E-state index is -0.0612. The van der Waals surface area contributed by atoms with Crippen molar-refractivity contribution >= 4 is 11.6 Å². The molecule has 2 atom stereocenters. The molecule has 2 aromatic rings. The second-order valence-corrected chi connectivity index (χ2v) is 5.92. The van der Waals surface area contributed by atoms with Gasteiger partial charge in [0, 0.05) is 11.5 Å². The molecule has 0 spiro atoms. The number of carbonyl (C=O) groups excluding carboxylic acids is 1. The number of ether oxygens (including phenoxy) is 1. The summed E-state index contributed by atoms with van der Waals surface area (Å²) in [6, 6.07) is 15.0. The summed E-state index contributed by atoms with van der Waals surface area (Å²) in [6.45, 7) is 1.80. The van der Waals surface area contributed by atoms with E-state index in [4.69, 9.17) is 4.74 Å². The van der Waals surface area contributed by atoms with Gasteiger partial charge in [-0.15, -0.1) is 0 Å². The second-order valence-electron chi connectivity index (χ2n) is 5.92. The van der Waals surface area contributed by atoms with Crippen molar-refractivity contribution in [2.24, 2.45) is 11.0 Å². The Bertz CT molecular complexity index is 771. The zero-order valence-electron chi connectivity index (χ0n) is 13.7. The van der Waals surface area contributed by atoms with Crippen molar-refractivity contribution in [3.05, 3.63) is 59.7 Å². The zero-order chi connectivity index (χ0) is 17.1. The average Bonchev–Trinajstić information content (AvgIpc) is 3.41. The fourth-order valence-electron chi connectivity index (χ4n) is 2.74. The first kappa shape index (κ1) is 16.1. The van der Waals surface area contributed by atoms with Gasteiger partial charge < -0.3 is 9.84 Å². The SMILES string of the molecule is COc1cc(/C(C)=N/NC(=O)[C@@H]2C[C@H]2c2ccccc2)ccc1O. The number of hydrogen-bond acceptors (Lipinski definition) is 4. The summed E-state index contributed by atoms with van der Waals surface area (Å²) in [5.74, 6) is 0.657. The molecule has 3 rings (SSSR count). The third-order valence-corrected chi connectivity index (χ3v) is 4.29. The summed E-state index contributed by atoms with van der Waals surface area (Å²) in [5.41, 5.74) is 5.27. The van der Waals surface area contributed by atoms with Crippen LogP contribution < -0.4 is 10.2 Å². The molecule has 0 heterocycles. The molecule has 5 heteroatoms. The Hall–Kier alpha value is -2.82. The van der Waals surface area contributed by atoms with Gasteiger partial charge in [0.05, 0.1) is 12.8 Å². The van der Waals surface area contributed by atoms with Gasteiger partial charge in [-0.1, -0.05) is 30.3 Å². The van der Waals surface area contributed by atoms with E-state index in [2.05, 4.69) is 22.7 Å². The number of phenols is 1. The number of methoxy groups -OCH3 is 1. The van der Waals surface area contributed by atoms with Gasteiger partial charge >= 0.3 is 0 Å². The summed E-state index contributed by atoms with van der Waals surface area (Å²) in [5, 5.41) is 13.8. The van der Waals surface area contributed by atoms with Crippen LogP contribution in [0.25, 0.3) is 0 Å². The van der Waals surface area contributed by atoms with Crippen LogP contribution in [0.15, 0.2) is 53.6 Å². The van der Waals surface area contributed by atoms with Gasteiger partial charge in [-0.05, 0) is 43.0 Å². The molecule has 1 aliphatic carbocycles. The second kappa shape index (κ2) is 6.74. The molecular formula is C19H20N2O3. The molecule has 0 unspecified atom stereocenters. The number of phenolic OH excluding ortho intramolecular Hbond substituents is 1.